The largest absolute Gasteiger partial charge is 2.00 e. The molecule has 0 aliphatic carbocycles. The van der Waals surface area contributed by atoms with Crippen LogP contribution < -0.4 is 49.0 Å². The molecular weight excluding hydrogens is 2980 g/mol. The Balaban J connectivity index is 0.000000112. The predicted molar refractivity (Wildman–Crippen MR) is 537 cm³/mol. The van der Waals surface area contributed by atoms with Crippen LogP contribution in [-0.4, -0.2) is 95.5 Å². The summed E-state index contributed by atoms with van der Waals surface area (Å²) in [7, 11) is 23.3. The van der Waals surface area contributed by atoms with E-state index in [0.29, 0.717) is 0 Å². The fourth-order valence-electron chi connectivity index (χ4n) is 18.6. The first kappa shape index (κ1) is 103. The molecule has 24 heterocycles. The van der Waals surface area contributed by atoms with Crippen molar-refractivity contribution >= 4 is 132 Å². The molecule has 0 N–H and O–H groups in total. The Bertz CT molecular complexity index is 8620. The molecular formula is C108H78N30O6Pt6-4. The maximum Gasteiger partial charge on any atom is 2.00 e. The molecule has 760 valence electrons. The van der Waals surface area contributed by atoms with Gasteiger partial charge in [-0.15, -0.1) is 70.3 Å². The van der Waals surface area contributed by atoms with Crippen LogP contribution in [0.3, 0.4) is 0 Å². The zero-order chi connectivity index (χ0) is 97.6. The second-order valence-corrected chi connectivity index (χ2v) is 35.1. The number of aryl methyl sites for hydroxylation is 12. The van der Waals surface area contributed by atoms with Crippen molar-refractivity contribution in [3.8, 4) is 136 Å². The molecule has 24 aromatic heterocycles. The van der Waals surface area contributed by atoms with E-state index in [0.717, 1.165) is 268 Å². The maximum absolute atomic E-state index is 5.82. The van der Waals surface area contributed by atoms with E-state index in [1.807, 2.05) is 291 Å². The molecule has 0 saturated heterocycles. The quantitative estimate of drug-likeness (QED) is 0.0809. The van der Waals surface area contributed by atoms with Crippen LogP contribution in [0.15, 0.2) is 285 Å². The monoisotopic (exact) mass is 3060 g/mol. The first-order valence-corrected chi connectivity index (χ1v) is 45.4. The van der Waals surface area contributed by atoms with Crippen molar-refractivity contribution < 1.29 is 162 Å². The Hall–Kier alpha value is -15.6. The third-order valence-electron chi connectivity index (χ3n) is 25.5. The van der Waals surface area contributed by atoms with Crippen molar-refractivity contribution in [3.05, 3.63) is 296 Å². The van der Waals surface area contributed by atoms with Gasteiger partial charge in [0.15, 0.2) is 0 Å². The van der Waals surface area contributed by atoms with Crippen molar-refractivity contribution in [2.24, 2.45) is 84.6 Å². The molecule has 30 aromatic rings. The summed E-state index contributed by atoms with van der Waals surface area (Å²) in [5, 5.41) is 5.89. The third-order valence-corrected chi connectivity index (χ3v) is 25.5. The number of imidazole rings is 12. The molecule has 150 heavy (non-hydrogen) atoms. The molecule has 0 spiro atoms. The standard InChI is InChI=1S/6C18H13N5O.6Pt/c6*1-22-8-14(20-10-22)13-9-24-17-11-4-3-5-12(15(11)21-16(13)17)18-19-6-7-23(18)2;;;;;;/h3*3-5,7-10H,1-2H3;3*3-9H,1-2H3;;;;;;/q6*-2;;;4*+2. The van der Waals surface area contributed by atoms with E-state index in [2.05, 4.69) is 97.4 Å². The van der Waals surface area contributed by atoms with Gasteiger partial charge in [0.25, 0.3) is 0 Å². The number of nitrogens with zero attached hydrogens (tertiary/aromatic N) is 30. The summed E-state index contributed by atoms with van der Waals surface area (Å²) in [5.41, 5.74) is 31.1. The van der Waals surface area contributed by atoms with Gasteiger partial charge in [-0.05, 0) is 76.4 Å². The van der Waals surface area contributed by atoms with E-state index in [4.69, 9.17) is 56.4 Å². The Kier molecular flexibility index (Phi) is 28.8. The van der Waals surface area contributed by atoms with E-state index in [1.165, 1.54) is 0 Å². The third kappa shape index (κ3) is 18.0. The second-order valence-electron chi connectivity index (χ2n) is 35.1. The smallest absolute Gasteiger partial charge is 0.654 e. The van der Waals surface area contributed by atoms with E-state index in [9.17, 15) is 0 Å². The summed E-state index contributed by atoms with van der Waals surface area (Å²) in [6.45, 7) is 0. The summed E-state index contributed by atoms with van der Waals surface area (Å²) >= 11 is 0. The van der Waals surface area contributed by atoms with E-state index in [-0.39, 0.29) is 126 Å². The number of furan rings is 6. The second kappa shape index (κ2) is 41.9. The van der Waals surface area contributed by atoms with Crippen LogP contribution in [0.4, 0.5) is 0 Å². The Morgan fingerprint density at radius 2 is 0.580 bits per heavy atom. The van der Waals surface area contributed by atoms with Crippen LogP contribution in [0.1, 0.15) is 0 Å². The summed E-state index contributed by atoms with van der Waals surface area (Å²) in [6, 6.07) is 36.3. The van der Waals surface area contributed by atoms with Crippen LogP contribution >= 0.6 is 0 Å². The van der Waals surface area contributed by atoms with Crippen molar-refractivity contribution in [2.45, 2.75) is 0 Å². The topological polar surface area (TPSA) is 378 Å². The number of hydrogen-bond donors (Lipinski definition) is 0. The fraction of sp³-hybridized carbons (Fsp3) is 0.111. The normalized spacial score (nSPS) is 11.3. The number of benzene rings is 6. The van der Waals surface area contributed by atoms with E-state index >= 15 is 0 Å². The van der Waals surface area contributed by atoms with Gasteiger partial charge in [0.1, 0.15) is 51.0 Å². The van der Waals surface area contributed by atoms with Crippen LogP contribution in [0.5, 0.6) is 0 Å². The van der Waals surface area contributed by atoms with Crippen LogP contribution in [0, 0.1) is 37.6 Å². The molecule has 36 nitrogen and oxygen atoms in total. The van der Waals surface area contributed by atoms with E-state index < -0.39 is 0 Å². The molecule has 0 atom stereocenters. The molecule has 0 fully saturated rings. The van der Waals surface area contributed by atoms with Gasteiger partial charge >= 0.3 is 84.3 Å². The molecule has 42 heteroatoms. The molecule has 30 rings (SSSR count). The fourth-order valence-corrected chi connectivity index (χ4v) is 18.6. The van der Waals surface area contributed by atoms with Crippen LogP contribution in [0.25, 0.3) is 268 Å². The molecule has 0 saturated carbocycles. The number of rotatable bonds is 12. The number of aromatic nitrogens is 30. The molecule has 0 aliphatic rings. The van der Waals surface area contributed by atoms with Gasteiger partial charge in [-0.1, -0.05) is 195 Å². The SMILES string of the molecule is Cn1[c-]nc(-c2coc3c2[n-]c2c(-c4[n-]cc[n+]4C)cccc23)c1.Cn1[c-]nc(-c2coc3c2[n-]c2c(-c4nccn4C)cccc23)c1.Cn1[c-]nc(-c2coc3c2[n-]c2c(-c4nccn4C)cccc23)c1.Cn1cnc(-c2coc3c2[n-]c2c(-c4[n-][c-]c[n+]4C)cccc23)c1.Cn1cnc(-c2coc3c2[n-]c2c(-c4n[c-]cn4C)cccc23)c1.Cn1cnc(-c2coc3c2[n-]c2c(-c4n[c-]cn4C)cccc23)c1.[Pt+2].[Pt+2].[Pt+2].[Pt+2].[Pt].[Pt]. The van der Waals surface area contributed by atoms with E-state index in [1.54, 1.807) is 107 Å². The summed E-state index contributed by atoms with van der Waals surface area (Å²) in [4.78, 5) is 81.5. The zero-order valence-electron chi connectivity index (χ0n) is 81.0. The van der Waals surface area contributed by atoms with Crippen molar-refractivity contribution in [1.82, 2.24) is 135 Å². The molecule has 0 unspecified atom stereocenters. The van der Waals surface area contributed by atoms with Crippen molar-refractivity contribution in [2.75, 3.05) is 0 Å². The summed E-state index contributed by atoms with van der Waals surface area (Å²) in [6.07, 6.45) is 61.0. The Morgan fingerprint density at radius 1 is 0.293 bits per heavy atom. The molecule has 0 bridgehead atoms. The zero-order valence-corrected chi connectivity index (χ0v) is 94.6. The van der Waals surface area contributed by atoms with Crippen LogP contribution in [0.2, 0.25) is 0 Å². The molecule has 0 aliphatic heterocycles. The average Bonchev–Trinajstić information content (AvgIpc) is 1.61. The van der Waals surface area contributed by atoms with Gasteiger partial charge in [0.2, 0.25) is 0 Å². The van der Waals surface area contributed by atoms with Crippen molar-refractivity contribution in [1.29, 1.82) is 0 Å². The van der Waals surface area contributed by atoms with Crippen molar-refractivity contribution in [3.63, 3.8) is 0 Å². The van der Waals surface area contributed by atoms with Gasteiger partial charge in [-0.3, -0.25) is 0 Å². The van der Waals surface area contributed by atoms with Crippen LogP contribution in [-0.2, 0) is 211 Å². The maximum atomic E-state index is 5.82. The Labute approximate surface area is 937 Å². The number of para-hydroxylation sites is 6. The minimum Gasteiger partial charge on any atom is -0.654 e. The summed E-state index contributed by atoms with van der Waals surface area (Å²) < 4.78 is 57.8. The molecule has 6 aromatic carbocycles. The summed E-state index contributed by atoms with van der Waals surface area (Å²) in [5.74, 6) is 5.15. The minimum atomic E-state index is 0. The first-order valence-electron chi connectivity index (χ1n) is 45.4. The number of fused-ring (bicyclic) bond motifs is 18. The van der Waals surface area contributed by atoms with Gasteiger partial charge in [-0.2, -0.15) is 0 Å². The first-order chi connectivity index (χ1) is 70.3. The Morgan fingerprint density at radius 3 is 0.820 bits per heavy atom. The number of hydrogen-bond acceptors (Lipinski definition) is 16. The van der Waals surface area contributed by atoms with Gasteiger partial charge in [0, 0.05) is 225 Å². The van der Waals surface area contributed by atoms with Gasteiger partial charge in [-0.25, -0.2) is 29.9 Å². The van der Waals surface area contributed by atoms with Gasteiger partial charge < -0.3 is 141 Å². The molecule has 0 amide bonds. The van der Waals surface area contributed by atoms with Gasteiger partial charge in [0.05, 0.1) is 73.6 Å². The average molecular weight is 3060 g/mol. The minimum absolute atomic E-state index is 0. The molecule has 0 radical (unpaired) electrons. The predicted octanol–water partition coefficient (Wildman–Crippen LogP) is 16.9.